The van der Waals surface area contributed by atoms with E-state index in [2.05, 4.69) is 40.8 Å². The van der Waals surface area contributed by atoms with Crippen molar-refractivity contribution < 1.29 is 35.5 Å². The summed E-state index contributed by atoms with van der Waals surface area (Å²) < 4.78 is 22.2. The first kappa shape index (κ1) is 31.8. The van der Waals surface area contributed by atoms with Gasteiger partial charge in [-0.05, 0) is 37.6 Å². The molecule has 0 saturated carbocycles. The molecule has 1 heterocycles. The summed E-state index contributed by atoms with van der Waals surface area (Å²) in [6.45, 7) is 5.55. The lowest BCUT2D eigenvalue weighted by Gasteiger charge is -2.11. The number of carbonyl (C=O) groups excluding carboxylic acids is 1. The average Bonchev–Trinajstić information content (AvgIpc) is 3.28. The average molecular weight is 607 g/mol. The lowest BCUT2D eigenvalue weighted by molar-refractivity contribution is -0.683. The summed E-state index contributed by atoms with van der Waals surface area (Å²) in [7, 11) is 0. The van der Waals surface area contributed by atoms with Gasteiger partial charge in [0.25, 0.3) is 0 Å². The molecule has 0 spiro atoms. The molecule has 0 unspecified atom stereocenters. The Kier molecular flexibility index (Phi) is 15.0. The van der Waals surface area contributed by atoms with Gasteiger partial charge in [0.2, 0.25) is 5.51 Å². The van der Waals surface area contributed by atoms with Crippen LogP contribution in [0, 0.1) is 12.7 Å². The number of thiazole rings is 1. The molecule has 0 saturated heterocycles. The zero-order valence-electron chi connectivity index (χ0n) is 22.6. The number of rotatable bonds is 16. The Morgan fingerprint density at radius 2 is 1.58 bits per heavy atom. The fourth-order valence-corrected chi connectivity index (χ4v) is 4.88. The molecule has 0 fully saturated rings. The third-order valence-corrected chi connectivity index (χ3v) is 7.07. The second-order valence-electron chi connectivity index (χ2n) is 9.59. The molecule has 0 bridgehead atoms. The Hall–Kier alpha value is -2.45. The lowest BCUT2D eigenvalue weighted by atomic mass is 10.1. The maximum Gasteiger partial charge on any atom is 0.323 e. The van der Waals surface area contributed by atoms with Crippen LogP contribution in [0.3, 0.4) is 0 Å². The second kappa shape index (κ2) is 17.9. The summed E-state index contributed by atoms with van der Waals surface area (Å²) in [6, 6.07) is 11.8. The van der Waals surface area contributed by atoms with E-state index in [-0.39, 0.29) is 22.7 Å². The Bertz CT molecular complexity index is 1110. The van der Waals surface area contributed by atoms with Gasteiger partial charge >= 0.3 is 6.03 Å². The number of unbranched alkanes of at least 4 members (excludes halogenated alkanes) is 9. The Morgan fingerprint density at radius 3 is 2.21 bits per heavy atom. The van der Waals surface area contributed by atoms with Gasteiger partial charge in [0.1, 0.15) is 0 Å². The molecule has 208 valence electrons. The molecule has 8 heteroatoms. The maximum atomic E-state index is 14.5. The molecule has 2 aromatic carbocycles. The van der Waals surface area contributed by atoms with E-state index >= 15 is 0 Å². The fourth-order valence-electron chi connectivity index (χ4n) is 4.25. The first-order valence-electron chi connectivity index (χ1n) is 13.6. The van der Waals surface area contributed by atoms with E-state index in [1.54, 1.807) is 23.5 Å². The summed E-state index contributed by atoms with van der Waals surface area (Å²) in [5, 5.41) is 5.51. The standard InChI is InChI=1S/C30H40FN3O2S.BrH/c1-3-4-5-6-7-8-9-10-11-12-18-36-29-17-16-27(20-28(29)31)33-30(35)32-26-15-13-14-25(19-26)22-34-21-24(2)37-23-34;/h13-17,19-21,23H,3-12,18,22H2,1-2H3,(H-,32,33,35);1H. The normalized spacial score (nSPS) is 10.6. The van der Waals surface area contributed by atoms with Crippen LogP contribution in [0.5, 0.6) is 5.75 Å². The maximum absolute atomic E-state index is 14.5. The van der Waals surface area contributed by atoms with Crippen LogP contribution in [0.15, 0.2) is 54.2 Å². The summed E-state index contributed by atoms with van der Waals surface area (Å²) >= 11 is 1.70. The smallest absolute Gasteiger partial charge is 0.323 e. The number of hydrogen-bond acceptors (Lipinski definition) is 3. The predicted octanol–water partition coefficient (Wildman–Crippen LogP) is 5.48. The van der Waals surface area contributed by atoms with Crippen molar-refractivity contribution in [2.24, 2.45) is 0 Å². The number of nitrogens with zero attached hydrogens (tertiary/aromatic N) is 1. The monoisotopic (exact) mass is 605 g/mol. The van der Waals surface area contributed by atoms with Crippen molar-refractivity contribution in [1.29, 1.82) is 0 Å². The van der Waals surface area contributed by atoms with Crippen molar-refractivity contribution in [3.05, 3.63) is 70.4 Å². The van der Waals surface area contributed by atoms with Crippen LogP contribution in [0.4, 0.5) is 20.6 Å². The van der Waals surface area contributed by atoms with Crippen molar-refractivity contribution in [2.45, 2.75) is 84.6 Å². The van der Waals surface area contributed by atoms with E-state index in [1.165, 1.54) is 62.3 Å². The van der Waals surface area contributed by atoms with E-state index in [0.717, 1.165) is 24.9 Å². The van der Waals surface area contributed by atoms with Crippen LogP contribution in [0.25, 0.3) is 0 Å². The summed E-state index contributed by atoms with van der Waals surface area (Å²) in [5.74, 6) is -0.259. The summed E-state index contributed by atoms with van der Waals surface area (Å²) in [6.07, 6.45) is 14.6. The van der Waals surface area contributed by atoms with Gasteiger partial charge < -0.3 is 32.4 Å². The zero-order valence-corrected chi connectivity index (χ0v) is 25.0. The second-order valence-corrected chi connectivity index (χ2v) is 10.7. The molecule has 3 rings (SSSR count). The highest BCUT2D eigenvalue weighted by atomic mass is 79.9. The van der Waals surface area contributed by atoms with Crippen LogP contribution in [-0.2, 0) is 6.54 Å². The Morgan fingerprint density at radius 1 is 0.921 bits per heavy atom. The number of amides is 2. The van der Waals surface area contributed by atoms with Crippen LogP contribution in [0.1, 0.15) is 81.6 Å². The number of aryl methyl sites for hydroxylation is 1. The minimum Gasteiger partial charge on any atom is -1.00 e. The quantitative estimate of drug-likeness (QED) is 0.168. The van der Waals surface area contributed by atoms with Crippen LogP contribution < -0.4 is 36.9 Å². The van der Waals surface area contributed by atoms with E-state index in [0.29, 0.717) is 18.0 Å². The van der Waals surface area contributed by atoms with Gasteiger partial charge in [0, 0.05) is 23.0 Å². The molecule has 0 aliphatic carbocycles. The number of carbonyl (C=O) groups is 1. The fraction of sp³-hybridized carbons (Fsp3) is 0.467. The van der Waals surface area contributed by atoms with Crippen molar-refractivity contribution in [2.75, 3.05) is 17.2 Å². The minimum absolute atomic E-state index is 0. The topological polar surface area (TPSA) is 54.2 Å². The van der Waals surface area contributed by atoms with Crippen molar-refractivity contribution in [3.63, 3.8) is 0 Å². The largest absolute Gasteiger partial charge is 1.00 e. The first-order valence-corrected chi connectivity index (χ1v) is 14.4. The number of aromatic nitrogens is 1. The van der Waals surface area contributed by atoms with Gasteiger partial charge in [0.05, 0.1) is 11.5 Å². The highest BCUT2D eigenvalue weighted by Gasteiger charge is 2.10. The van der Waals surface area contributed by atoms with Gasteiger partial charge in [-0.1, -0.05) is 88.2 Å². The van der Waals surface area contributed by atoms with Crippen LogP contribution >= 0.6 is 11.3 Å². The minimum atomic E-state index is -0.477. The number of benzene rings is 2. The SMILES string of the molecule is CCCCCCCCCCCCOc1ccc(NC(=O)Nc2cccc(C[n+]3csc(C)c3)c2)cc1F.[Br-]. The van der Waals surface area contributed by atoms with Crippen molar-refractivity contribution in [1.82, 2.24) is 0 Å². The number of halogens is 2. The van der Waals surface area contributed by atoms with E-state index < -0.39 is 11.8 Å². The van der Waals surface area contributed by atoms with E-state index in [9.17, 15) is 9.18 Å². The third kappa shape index (κ3) is 11.9. The summed E-state index contributed by atoms with van der Waals surface area (Å²) in [4.78, 5) is 13.7. The Labute approximate surface area is 241 Å². The number of ether oxygens (including phenoxy) is 1. The number of hydrogen-bond donors (Lipinski definition) is 2. The molecule has 38 heavy (non-hydrogen) atoms. The lowest BCUT2D eigenvalue weighted by Crippen LogP contribution is -3.00. The highest BCUT2D eigenvalue weighted by Crippen LogP contribution is 2.22. The molecular formula is C30H41BrFN3O2S. The molecule has 0 aliphatic rings. The first-order chi connectivity index (χ1) is 18.0. The van der Waals surface area contributed by atoms with Gasteiger partial charge in [0.15, 0.2) is 24.3 Å². The van der Waals surface area contributed by atoms with Gasteiger partial charge in [-0.15, -0.1) is 0 Å². The highest BCUT2D eigenvalue weighted by molar-refractivity contribution is 7.09. The van der Waals surface area contributed by atoms with Gasteiger partial charge in [-0.25, -0.2) is 9.18 Å². The third-order valence-electron chi connectivity index (χ3n) is 6.22. The van der Waals surface area contributed by atoms with Crippen molar-refractivity contribution in [3.8, 4) is 5.75 Å². The van der Waals surface area contributed by atoms with Crippen LogP contribution in [-0.4, -0.2) is 12.6 Å². The number of anilines is 2. The van der Waals surface area contributed by atoms with Gasteiger partial charge in [-0.2, -0.15) is 4.57 Å². The van der Waals surface area contributed by atoms with Gasteiger partial charge in [-0.3, -0.25) is 0 Å². The molecule has 5 nitrogen and oxygen atoms in total. The number of nitrogens with one attached hydrogen (secondary N) is 2. The molecule has 0 radical (unpaired) electrons. The molecular weight excluding hydrogens is 565 g/mol. The molecule has 0 atom stereocenters. The summed E-state index contributed by atoms with van der Waals surface area (Å²) in [5.41, 5.74) is 4.21. The molecule has 3 aromatic rings. The molecule has 2 amide bonds. The van der Waals surface area contributed by atoms with E-state index in [1.807, 2.05) is 24.3 Å². The predicted molar refractivity (Wildman–Crippen MR) is 151 cm³/mol. The van der Waals surface area contributed by atoms with Crippen molar-refractivity contribution >= 4 is 28.7 Å². The molecule has 2 N–H and O–H groups in total. The van der Waals surface area contributed by atoms with Crippen LogP contribution in [0.2, 0.25) is 0 Å². The number of urea groups is 1. The molecule has 0 aliphatic heterocycles. The molecule has 1 aromatic heterocycles. The van der Waals surface area contributed by atoms with E-state index in [4.69, 9.17) is 4.74 Å². The Balaban J connectivity index is 0.00000507. The zero-order chi connectivity index (χ0) is 26.3.